The molecule has 0 aliphatic heterocycles. The average Bonchev–Trinajstić information content (AvgIpc) is 2.36. The van der Waals surface area contributed by atoms with Crippen LogP contribution in [0, 0.1) is 0 Å². The average molecular weight is 342 g/mol. The van der Waals surface area contributed by atoms with Crippen molar-refractivity contribution in [2.45, 2.75) is 17.1 Å². The van der Waals surface area contributed by atoms with E-state index in [1.165, 1.54) is 18.2 Å². The predicted molar refractivity (Wildman–Crippen MR) is 69.5 cm³/mol. The number of para-hydroxylation sites is 1. The second-order valence-corrected chi connectivity index (χ2v) is 5.86. The Balaban J connectivity index is 2.83. The van der Waals surface area contributed by atoms with Gasteiger partial charge in [-0.1, -0.05) is 12.1 Å². The summed E-state index contributed by atoms with van der Waals surface area (Å²) < 4.78 is 65.7. The van der Waals surface area contributed by atoms with Crippen LogP contribution in [0.3, 0.4) is 0 Å². The van der Waals surface area contributed by atoms with Crippen LogP contribution < -0.4 is 10.5 Å². The Morgan fingerprint density at radius 1 is 1.36 bits per heavy atom. The highest BCUT2D eigenvalue weighted by atomic mass is 32.2. The van der Waals surface area contributed by atoms with Crippen molar-refractivity contribution in [1.29, 1.82) is 0 Å². The number of anilines is 1. The van der Waals surface area contributed by atoms with Crippen molar-refractivity contribution in [2.24, 2.45) is 0 Å². The van der Waals surface area contributed by atoms with Gasteiger partial charge in [0.05, 0.1) is 12.3 Å². The Kier molecular flexibility index (Phi) is 5.74. The van der Waals surface area contributed by atoms with Gasteiger partial charge >= 0.3 is 12.1 Å². The summed E-state index contributed by atoms with van der Waals surface area (Å²) in [4.78, 5) is 10.6. The summed E-state index contributed by atoms with van der Waals surface area (Å²) in [6, 6.07) is 3.36. The summed E-state index contributed by atoms with van der Waals surface area (Å²) in [5, 5.41) is 8.86. The molecule has 1 atom stereocenters. The number of carboxylic acid groups (broad SMARTS) is 1. The molecule has 0 fully saturated rings. The summed E-state index contributed by atoms with van der Waals surface area (Å²) >= 11 is 0. The standard InChI is InChI=1S/C11H13F3N2O5S/c12-11(13,14)6-21-5-8(10(17)18)16-22(19,20)9-4-2-1-3-7(9)15/h1-4,8,16H,5-6,15H2,(H,17,18)/t8-/m1/s1. The molecular formula is C11H13F3N2O5S. The summed E-state index contributed by atoms with van der Waals surface area (Å²) in [6.07, 6.45) is -4.65. The molecule has 0 saturated carbocycles. The molecule has 0 bridgehead atoms. The monoisotopic (exact) mass is 342 g/mol. The molecule has 0 saturated heterocycles. The first-order valence-corrected chi connectivity index (χ1v) is 7.25. The molecule has 0 aliphatic rings. The molecule has 1 aromatic carbocycles. The fourth-order valence-corrected chi connectivity index (χ4v) is 2.73. The van der Waals surface area contributed by atoms with Crippen LogP contribution in [0.15, 0.2) is 29.2 Å². The second-order valence-electron chi connectivity index (χ2n) is 4.18. The number of ether oxygens (including phenoxy) is 1. The van der Waals surface area contributed by atoms with E-state index in [1.807, 2.05) is 0 Å². The van der Waals surface area contributed by atoms with Crippen LogP contribution in [0.1, 0.15) is 0 Å². The number of halogens is 3. The Hall–Kier alpha value is -1.85. The smallest absolute Gasteiger partial charge is 0.411 e. The van der Waals surface area contributed by atoms with Gasteiger partial charge in [0.2, 0.25) is 10.0 Å². The highest BCUT2D eigenvalue weighted by molar-refractivity contribution is 7.89. The van der Waals surface area contributed by atoms with Gasteiger partial charge in [-0.05, 0) is 12.1 Å². The maximum Gasteiger partial charge on any atom is 0.411 e. The second kappa shape index (κ2) is 6.94. The lowest BCUT2D eigenvalue weighted by Crippen LogP contribution is -2.44. The number of rotatable bonds is 7. The maximum absolute atomic E-state index is 12.0. The summed E-state index contributed by atoms with van der Waals surface area (Å²) in [5.74, 6) is -1.68. The predicted octanol–water partition coefficient (Wildman–Crippen LogP) is 0.579. The van der Waals surface area contributed by atoms with Gasteiger partial charge in [0.1, 0.15) is 17.5 Å². The molecule has 22 heavy (non-hydrogen) atoms. The van der Waals surface area contributed by atoms with Crippen molar-refractivity contribution >= 4 is 21.7 Å². The molecule has 0 amide bonds. The zero-order valence-electron chi connectivity index (χ0n) is 11.0. The lowest BCUT2D eigenvalue weighted by Gasteiger charge is -2.16. The molecule has 1 aromatic rings. The third-order valence-corrected chi connectivity index (χ3v) is 3.90. The van der Waals surface area contributed by atoms with Crippen molar-refractivity contribution in [3.05, 3.63) is 24.3 Å². The summed E-state index contributed by atoms with van der Waals surface area (Å²) in [7, 11) is -4.32. The maximum atomic E-state index is 12.0. The molecule has 0 unspecified atom stereocenters. The van der Waals surface area contributed by atoms with E-state index in [1.54, 1.807) is 4.72 Å². The van der Waals surface area contributed by atoms with Gasteiger partial charge in [-0.3, -0.25) is 4.79 Å². The molecule has 1 rings (SSSR count). The highest BCUT2D eigenvalue weighted by Gasteiger charge is 2.31. The number of nitrogens with two attached hydrogens (primary N) is 1. The normalized spacial score (nSPS) is 13.8. The van der Waals surface area contributed by atoms with Gasteiger partial charge in [-0.25, -0.2) is 8.42 Å². The fraction of sp³-hybridized carbons (Fsp3) is 0.364. The van der Waals surface area contributed by atoms with Gasteiger partial charge in [-0.2, -0.15) is 17.9 Å². The minimum absolute atomic E-state index is 0.129. The summed E-state index contributed by atoms with van der Waals surface area (Å²) in [6.45, 7) is -2.67. The summed E-state index contributed by atoms with van der Waals surface area (Å²) in [5.41, 5.74) is 5.34. The fourth-order valence-electron chi connectivity index (χ4n) is 1.42. The van der Waals surface area contributed by atoms with Gasteiger partial charge < -0.3 is 15.6 Å². The van der Waals surface area contributed by atoms with Crippen LogP contribution in [0.25, 0.3) is 0 Å². The zero-order valence-corrected chi connectivity index (χ0v) is 11.8. The molecule has 4 N–H and O–H groups in total. The first-order chi connectivity index (χ1) is 10.0. The lowest BCUT2D eigenvalue weighted by molar-refractivity contribution is -0.177. The van der Waals surface area contributed by atoms with Crippen LogP contribution in [0.2, 0.25) is 0 Å². The van der Waals surface area contributed by atoms with Crippen molar-refractivity contribution in [2.75, 3.05) is 18.9 Å². The number of carboxylic acids is 1. The van der Waals surface area contributed by atoms with Crippen LogP contribution >= 0.6 is 0 Å². The number of benzene rings is 1. The van der Waals surface area contributed by atoms with Crippen LogP contribution in [-0.2, 0) is 19.6 Å². The Morgan fingerprint density at radius 2 is 1.95 bits per heavy atom. The number of aliphatic carboxylic acids is 1. The number of nitrogens with one attached hydrogen (secondary N) is 1. The molecule has 0 radical (unpaired) electrons. The first kappa shape index (κ1) is 18.2. The first-order valence-electron chi connectivity index (χ1n) is 5.77. The highest BCUT2D eigenvalue weighted by Crippen LogP contribution is 2.18. The van der Waals surface area contributed by atoms with Crippen LogP contribution in [-0.4, -0.2) is 44.9 Å². The zero-order chi connectivity index (χ0) is 17.0. The number of nitrogen functional groups attached to an aromatic ring is 1. The molecule has 124 valence electrons. The van der Waals surface area contributed by atoms with E-state index >= 15 is 0 Å². The molecular weight excluding hydrogens is 329 g/mol. The minimum atomic E-state index is -4.65. The van der Waals surface area contributed by atoms with E-state index in [0.717, 1.165) is 6.07 Å². The SMILES string of the molecule is Nc1ccccc1S(=O)(=O)N[C@H](COCC(F)(F)F)C(=O)O. The van der Waals surface area contributed by atoms with E-state index in [0.29, 0.717) is 0 Å². The van der Waals surface area contributed by atoms with Crippen molar-refractivity contribution in [3.8, 4) is 0 Å². The molecule has 11 heteroatoms. The van der Waals surface area contributed by atoms with Gasteiger partial charge in [-0.15, -0.1) is 0 Å². The molecule has 0 aliphatic carbocycles. The van der Waals surface area contributed by atoms with E-state index in [9.17, 15) is 26.4 Å². The quantitative estimate of drug-likeness (QED) is 0.624. The topological polar surface area (TPSA) is 119 Å². The Bertz CT molecular complexity index is 633. The van der Waals surface area contributed by atoms with Crippen LogP contribution in [0.4, 0.5) is 18.9 Å². The van der Waals surface area contributed by atoms with E-state index < -0.39 is 41.4 Å². The third kappa shape index (κ3) is 5.50. The molecule has 0 heterocycles. The Morgan fingerprint density at radius 3 is 2.45 bits per heavy atom. The van der Waals surface area contributed by atoms with E-state index in [-0.39, 0.29) is 10.6 Å². The Labute approximate surface area is 123 Å². The number of alkyl halides is 3. The van der Waals surface area contributed by atoms with E-state index in [2.05, 4.69) is 4.74 Å². The van der Waals surface area contributed by atoms with Crippen molar-refractivity contribution in [3.63, 3.8) is 0 Å². The van der Waals surface area contributed by atoms with Gasteiger partial charge in [0.25, 0.3) is 0 Å². The number of hydrogen-bond acceptors (Lipinski definition) is 5. The number of sulfonamides is 1. The third-order valence-electron chi connectivity index (χ3n) is 2.35. The van der Waals surface area contributed by atoms with Crippen LogP contribution in [0.5, 0.6) is 0 Å². The lowest BCUT2D eigenvalue weighted by atomic mass is 10.3. The van der Waals surface area contributed by atoms with Crippen molar-refractivity contribution in [1.82, 2.24) is 4.72 Å². The number of hydrogen-bond donors (Lipinski definition) is 3. The van der Waals surface area contributed by atoms with Gasteiger partial charge in [0.15, 0.2) is 0 Å². The molecule has 0 spiro atoms. The minimum Gasteiger partial charge on any atom is -0.480 e. The van der Waals surface area contributed by atoms with Crippen molar-refractivity contribution < 1.29 is 36.2 Å². The van der Waals surface area contributed by atoms with Gasteiger partial charge in [0, 0.05) is 0 Å². The number of carbonyl (C=O) groups is 1. The molecule has 7 nitrogen and oxygen atoms in total. The molecule has 0 aromatic heterocycles. The van der Waals surface area contributed by atoms with E-state index in [4.69, 9.17) is 10.8 Å². The largest absolute Gasteiger partial charge is 0.480 e.